The molecule has 3 atom stereocenters. The zero-order valence-electron chi connectivity index (χ0n) is 16.0. The monoisotopic (exact) mass is 332 g/mol. The number of phenolic OH excluding ortho intramolecular Hbond substituents is 1. The molecule has 1 aliphatic carbocycles. The number of aromatic hydroxyl groups is 1. The SMILES string of the molecule is CCCCCCC(C)(C)c1ccc([C@H]2C[C@H](O)CC[C@H]2C)c(O)c1. The zero-order chi connectivity index (χ0) is 17.7. The number of aliphatic hydroxyl groups excluding tert-OH is 1. The van der Waals surface area contributed by atoms with E-state index in [0.29, 0.717) is 11.7 Å². The Bertz CT molecular complexity index is 521. The van der Waals surface area contributed by atoms with Crippen molar-refractivity contribution >= 4 is 0 Å². The number of phenols is 1. The average Bonchev–Trinajstić information content (AvgIpc) is 2.54. The number of aliphatic hydroxyl groups is 1. The Hall–Kier alpha value is -1.02. The highest BCUT2D eigenvalue weighted by atomic mass is 16.3. The summed E-state index contributed by atoms with van der Waals surface area (Å²) < 4.78 is 0. The molecule has 1 aromatic rings. The molecule has 1 aromatic carbocycles. The van der Waals surface area contributed by atoms with E-state index in [2.05, 4.69) is 39.8 Å². The molecule has 0 heterocycles. The fourth-order valence-electron chi connectivity index (χ4n) is 4.15. The summed E-state index contributed by atoms with van der Waals surface area (Å²) in [4.78, 5) is 0. The van der Waals surface area contributed by atoms with Crippen LogP contribution >= 0.6 is 0 Å². The second-order valence-corrected chi connectivity index (χ2v) is 8.52. The quantitative estimate of drug-likeness (QED) is 0.610. The lowest BCUT2D eigenvalue weighted by Crippen LogP contribution is -2.25. The van der Waals surface area contributed by atoms with Gasteiger partial charge in [0.25, 0.3) is 0 Å². The molecule has 2 rings (SSSR count). The van der Waals surface area contributed by atoms with Gasteiger partial charge in [-0.3, -0.25) is 0 Å². The number of benzene rings is 1. The molecule has 1 aliphatic rings. The van der Waals surface area contributed by atoms with Crippen LogP contribution in [0.3, 0.4) is 0 Å². The van der Waals surface area contributed by atoms with Crippen molar-refractivity contribution < 1.29 is 10.2 Å². The maximum absolute atomic E-state index is 10.6. The Kier molecular flexibility index (Phi) is 6.74. The highest BCUT2D eigenvalue weighted by Crippen LogP contribution is 2.42. The van der Waals surface area contributed by atoms with E-state index in [0.717, 1.165) is 31.2 Å². The maximum atomic E-state index is 10.6. The summed E-state index contributed by atoms with van der Waals surface area (Å²) in [5.74, 6) is 1.21. The highest BCUT2D eigenvalue weighted by molar-refractivity contribution is 5.41. The van der Waals surface area contributed by atoms with Gasteiger partial charge in [0.15, 0.2) is 0 Å². The van der Waals surface area contributed by atoms with Gasteiger partial charge in [-0.1, -0.05) is 65.5 Å². The maximum Gasteiger partial charge on any atom is 0.119 e. The predicted molar refractivity (Wildman–Crippen MR) is 102 cm³/mol. The van der Waals surface area contributed by atoms with E-state index in [1.54, 1.807) is 0 Å². The first kappa shape index (κ1) is 19.3. The molecule has 0 aromatic heterocycles. The fraction of sp³-hybridized carbons (Fsp3) is 0.727. The van der Waals surface area contributed by atoms with E-state index in [9.17, 15) is 10.2 Å². The van der Waals surface area contributed by atoms with Gasteiger partial charge in [-0.05, 0) is 60.1 Å². The summed E-state index contributed by atoms with van der Waals surface area (Å²) in [5, 5.41) is 20.6. The van der Waals surface area contributed by atoms with Crippen molar-refractivity contribution in [3.05, 3.63) is 29.3 Å². The molecular formula is C22H36O2. The molecule has 0 amide bonds. The molecule has 0 saturated heterocycles. The third-order valence-corrected chi connectivity index (χ3v) is 6.03. The van der Waals surface area contributed by atoms with Crippen molar-refractivity contribution in [1.82, 2.24) is 0 Å². The van der Waals surface area contributed by atoms with Crippen LogP contribution in [0.25, 0.3) is 0 Å². The molecule has 2 heteroatoms. The highest BCUT2D eigenvalue weighted by Gasteiger charge is 2.30. The molecule has 24 heavy (non-hydrogen) atoms. The molecule has 0 unspecified atom stereocenters. The lowest BCUT2D eigenvalue weighted by Gasteiger charge is -2.33. The van der Waals surface area contributed by atoms with E-state index in [-0.39, 0.29) is 17.4 Å². The zero-order valence-corrected chi connectivity index (χ0v) is 16.0. The largest absolute Gasteiger partial charge is 0.508 e. The van der Waals surface area contributed by atoms with Gasteiger partial charge < -0.3 is 10.2 Å². The summed E-state index contributed by atoms with van der Waals surface area (Å²) in [7, 11) is 0. The summed E-state index contributed by atoms with van der Waals surface area (Å²) in [6.07, 6.45) is 8.75. The molecular weight excluding hydrogens is 296 g/mol. The van der Waals surface area contributed by atoms with Crippen molar-refractivity contribution in [1.29, 1.82) is 0 Å². The van der Waals surface area contributed by atoms with E-state index >= 15 is 0 Å². The summed E-state index contributed by atoms with van der Waals surface area (Å²) in [6, 6.07) is 6.28. The standard InChI is InChI=1S/C22H36O2/c1-5-6-7-8-13-22(3,4)17-10-12-19(21(24)14-17)20-15-18(23)11-9-16(20)2/h10,12,14,16,18,20,23-24H,5-9,11,13,15H2,1-4H3/t16-,18-,20+/m1/s1. The van der Waals surface area contributed by atoms with Crippen molar-refractivity contribution in [2.75, 3.05) is 0 Å². The third-order valence-electron chi connectivity index (χ3n) is 6.03. The van der Waals surface area contributed by atoms with Gasteiger partial charge in [-0.2, -0.15) is 0 Å². The van der Waals surface area contributed by atoms with E-state index in [1.807, 2.05) is 6.07 Å². The first-order valence-corrected chi connectivity index (χ1v) is 9.86. The Balaban J connectivity index is 2.10. The molecule has 2 nitrogen and oxygen atoms in total. The first-order chi connectivity index (χ1) is 11.3. The van der Waals surface area contributed by atoms with Gasteiger partial charge >= 0.3 is 0 Å². The molecule has 136 valence electrons. The minimum Gasteiger partial charge on any atom is -0.508 e. The molecule has 0 bridgehead atoms. The van der Waals surface area contributed by atoms with Gasteiger partial charge in [0.05, 0.1) is 6.10 Å². The van der Waals surface area contributed by atoms with Gasteiger partial charge in [0.2, 0.25) is 0 Å². The Labute approximate surface area is 148 Å². The molecule has 1 saturated carbocycles. The van der Waals surface area contributed by atoms with Gasteiger partial charge in [0.1, 0.15) is 5.75 Å². The average molecular weight is 333 g/mol. The lowest BCUT2D eigenvalue weighted by molar-refractivity contribution is 0.0975. The van der Waals surface area contributed by atoms with Crippen molar-refractivity contribution in [2.24, 2.45) is 5.92 Å². The van der Waals surface area contributed by atoms with Crippen molar-refractivity contribution in [2.45, 2.75) is 96.5 Å². The van der Waals surface area contributed by atoms with Gasteiger partial charge in [0, 0.05) is 0 Å². The smallest absolute Gasteiger partial charge is 0.119 e. The first-order valence-electron chi connectivity index (χ1n) is 9.86. The van der Waals surface area contributed by atoms with Crippen LogP contribution in [0.15, 0.2) is 18.2 Å². The Morgan fingerprint density at radius 3 is 2.54 bits per heavy atom. The fourth-order valence-corrected chi connectivity index (χ4v) is 4.15. The third kappa shape index (κ3) is 4.75. The van der Waals surface area contributed by atoms with Crippen molar-refractivity contribution in [3.63, 3.8) is 0 Å². The molecule has 2 N–H and O–H groups in total. The Morgan fingerprint density at radius 1 is 1.12 bits per heavy atom. The molecule has 0 radical (unpaired) electrons. The summed E-state index contributed by atoms with van der Waals surface area (Å²) in [5.41, 5.74) is 2.34. The minimum absolute atomic E-state index is 0.0987. The normalized spacial score (nSPS) is 25.0. The number of hydrogen-bond donors (Lipinski definition) is 2. The molecule has 1 fully saturated rings. The molecule has 0 aliphatic heterocycles. The van der Waals surface area contributed by atoms with Crippen LogP contribution in [0.4, 0.5) is 0 Å². The van der Waals surface area contributed by atoms with E-state index < -0.39 is 0 Å². The lowest BCUT2D eigenvalue weighted by atomic mass is 9.73. The summed E-state index contributed by atoms with van der Waals surface area (Å²) in [6.45, 7) is 9.04. The van der Waals surface area contributed by atoms with E-state index in [4.69, 9.17) is 0 Å². The van der Waals surface area contributed by atoms with E-state index in [1.165, 1.54) is 31.2 Å². The second-order valence-electron chi connectivity index (χ2n) is 8.52. The molecule has 0 spiro atoms. The number of hydrogen-bond acceptors (Lipinski definition) is 2. The van der Waals surface area contributed by atoms with Crippen LogP contribution in [-0.4, -0.2) is 16.3 Å². The minimum atomic E-state index is -0.222. The van der Waals surface area contributed by atoms with Gasteiger partial charge in [-0.15, -0.1) is 0 Å². The topological polar surface area (TPSA) is 40.5 Å². The van der Waals surface area contributed by atoms with Crippen LogP contribution in [0.2, 0.25) is 0 Å². The van der Waals surface area contributed by atoms with Crippen LogP contribution in [0, 0.1) is 5.92 Å². The number of unbranched alkanes of at least 4 members (excludes halogenated alkanes) is 3. The summed E-state index contributed by atoms with van der Waals surface area (Å²) >= 11 is 0. The second kappa shape index (κ2) is 8.38. The van der Waals surface area contributed by atoms with Crippen LogP contribution in [0.5, 0.6) is 5.75 Å². The van der Waals surface area contributed by atoms with Crippen LogP contribution in [0.1, 0.15) is 96.1 Å². The van der Waals surface area contributed by atoms with Crippen molar-refractivity contribution in [3.8, 4) is 5.75 Å². The number of rotatable bonds is 7. The van der Waals surface area contributed by atoms with Crippen LogP contribution in [-0.2, 0) is 5.41 Å². The predicted octanol–water partition coefficient (Wildman–Crippen LogP) is 5.90. The Morgan fingerprint density at radius 2 is 1.88 bits per heavy atom. The van der Waals surface area contributed by atoms with Gasteiger partial charge in [-0.25, -0.2) is 0 Å². The van der Waals surface area contributed by atoms with Crippen LogP contribution < -0.4 is 0 Å².